The second kappa shape index (κ2) is 7.42. The number of ether oxygens (including phenoxy) is 1. The van der Waals surface area contributed by atoms with Crippen molar-refractivity contribution in [3.63, 3.8) is 0 Å². The predicted molar refractivity (Wildman–Crippen MR) is 89.9 cm³/mol. The third kappa shape index (κ3) is 3.62. The molecule has 25 heavy (non-hydrogen) atoms. The second-order valence-electron chi connectivity index (χ2n) is 6.97. The fourth-order valence-corrected chi connectivity index (χ4v) is 4.29. The standard InChI is InChI=1S/C19H24FNO4/c1-25-17-8-6-12(10-14(17)20)7-9-18(22)21-15-5-3-2-4-13(15)11-16(21)19(23)24/h6,8,10,13,15-16H,2-5,7,9,11H2,1H3,(H,23,24). The monoisotopic (exact) mass is 349 g/mol. The van der Waals surface area contributed by atoms with Gasteiger partial charge in [0.2, 0.25) is 5.91 Å². The van der Waals surface area contributed by atoms with Crippen LogP contribution in [-0.2, 0) is 16.0 Å². The Morgan fingerprint density at radius 1 is 1.32 bits per heavy atom. The number of methoxy groups -OCH3 is 1. The number of carbonyl (C=O) groups excluding carboxylic acids is 1. The van der Waals surface area contributed by atoms with Crippen LogP contribution < -0.4 is 4.74 Å². The number of aryl methyl sites for hydroxylation is 1. The van der Waals surface area contributed by atoms with E-state index in [0.717, 1.165) is 25.7 Å². The number of likely N-dealkylation sites (tertiary alicyclic amines) is 1. The van der Waals surface area contributed by atoms with Gasteiger partial charge >= 0.3 is 5.97 Å². The van der Waals surface area contributed by atoms with E-state index in [9.17, 15) is 19.1 Å². The van der Waals surface area contributed by atoms with Gasteiger partial charge in [-0.2, -0.15) is 0 Å². The molecule has 1 aromatic rings. The van der Waals surface area contributed by atoms with Gasteiger partial charge in [-0.05, 0) is 49.3 Å². The lowest BCUT2D eigenvalue weighted by atomic mass is 9.84. The van der Waals surface area contributed by atoms with Crippen LogP contribution in [0.15, 0.2) is 18.2 Å². The third-order valence-electron chi connectivity index (χ3n) is 5.50. The van der Waals surface area contributed by atoms with Crippen molar-refractivity contribution >= 4 is 11.9 Å². The Bertz CT molecular complexity index is 663. The van der Waals surface area contributed by atoms with E-state index in [-0.39, 0.29) is 24.1 Å². The summed E-state index contributed by atoms with van der Waals surface area (Å²) in [5, 5.41) is 9.50. The fourth-order valence-electron chi connectivity index (χ4n) is 4.29. The van der Waals surface area contributed by atoms with Gasteiger partial charge in [0.05, 0.1) is 7.11 Å². The topological polar surface area (TPSA) is 66.8 Å². The molecule has 6 heteroatoms. The molecule has 3 unspecified atom stereocenters. The van der Waals surface area contributed by atoms with E-state index in [2.05, 4.69) is 0 Å². The first-order chi connectivity index (χ1) is 12.0. The minimum atomic E-state index is -0.918. The Kier molecular flexibility index (Phi) is 5.25. The largest absolute Gasteiger partial charge is 0.494 e. The van der Waals surface area contributed by atoms with Crippen LogP contribution in [0.1, 0.15) is 44.1 Å². The third-order valence-corrected chi connectivity index (χ3v) is 5.50. The Labute approximate surface area is 146 Å². The van der Waals surface area contributed by atoms with Crippen molar-refractivity contribution in [1.82, 2.24) is 4.90 Å². The van der Waals surface area contributed by atoms with Gasteiger partial charge < -0.3 is 14.7 Å². The summed E-state index contributed by atoms with van der Waals surface area (Å²) in [5.41, 5.74) is 0.706. The quantitative estimate of drug-likeness (QED) is 0.887. The molecule has 2 aliphatic rings. The lowest BCUT2D eigenvalue weighted by Gasteiger charge is -2.33. The van der Waals surface area contributed by atoms with Crippen LogP contribution in [0.5, 0.6) is 5.75 Å². The maximum atomic E-state index is 13.8. The molecule has 5 nitrogen and oxygen atoms in total. The minimum absolute atomic E-state index is 0.0509. The molecule has 2 fully saturated rings. The highest BCUT2D eigenvalue weighted by Crippen LogP contribution is 2.40. The van der Waals surface area contributed by atoms with Crippen molar-refractivity contribution in [2.75, 3.05) is 7.11 Å². The van der Waals surface area contributed by atoms with Crippen LogP contribution >= 0.6 is 0 Å². The highest BCUT2D eigenvalue weighted by Gasteiger charge is 2.47. The van der Waals surface area contributed by atoms with Gasteiger partial charge in [0, 0.05) is 12.5 Å². The molecule has 0 radical (unpaired) electrons. The smallest absolute Gasteiger partial charge is 0.326 e. The van der Waals surface area contributed by atoms with Gasteiger partial charge in [-0.15, -0.1) is 0 Å². The van der Waals surface area contributed by atoms with E-state index >= 15 is 0 Å². The van der Waals surface area contributed by atoms with Crippen LogP contribution in [0.3, 0.4) is 0 Å². The molecule has 1 aromatic carbocycles. The Balaban J connectivity index is 1.68. The number of carboxylic acids is 1. The Morgan fingerprint density at radius 3 is 2.76 bits per heavy atom. The number of fused-ring (bicyclic) bond motifs is 1. The zero-order chi connectivity index (χ0) is 18.0. The molecule has 1 aliphatic carbocycles. The first-order valence-electron chi connectivity index (χ1n) is 8.87. The van der Waals surface area contributed by atoms with Crippen LogP contribution in [0.25, 0.3) is 0 Å². The number of rotatable bonds is 5. The van der Waals surface area contributed by atoms with Crippen molar-refractivity contribution in [3.8, 4) is 5.75 Å². The van der Waals surface area contributed by atoms with Crippen molar-refractivity contribution < 1.29 is 23.8 Å². The number of halogens is 1. The zero-order valence-corrected chi connectivity index (χ0v) is 14.4. The molecule has 1 saturated carbocycles. The van der Waals surface area contributed by atoms with Gasteiger partial charge in [-0.1, -0.05) is 18.9 Å². The van der Waals surface area contributed by atoms with E-state index < -0.39 is 17.8 Å². The van der Waals surface area contributed by atoms with Crippen molar-refractivity contribution in [2.24, 2.45) is 5.92 Å². The minimum Gasteiger partial charge on any atom is -0.494 e. The van der Waals surface area contributed by atoms with Crippen molar-refractivity contribution in [3.05, 3.63) is 29.6 Å². The number of aliphatic carboxylic acids is 1. The summed E-state index contributed by atoms with van der Waals surface area (Å²) in [6.07, 6.45) is 5.18. The number of benzene rings is 1. The first-order valence-corrected chi connectivity index (χ1v) is 8.87. The summed E-state index contributed by atoms with van der Waals surface area (Å²) in [6.45, 7) is 0. The molecule has 0 bridgehead atoms. The van der Waals surface area contributed by atoms with Crippen LogP contribution in [0, 0.1) is 11.7 Å². The van der Waals surface area contributed by atoms with Gasteiger partial charge in [-0.25, -0.2) is 9.18 Å². The predicted octanol–water partition coefficient (Wildman–Crippen LogP) is 3.01. The molecule has 1 amide bonds. The maximum absolute atomic E-state index is 13.8. The molecule has 1 N–H and O–H groups in total. The molecular formula is C19H24FNO4. The zero-order valence-electron chi connectivity index (χ0n) is 14.4. The lowest BCUT2D eigenvalue weighted by Crippen LogP contribution is -2.46. The first kappa shape index (κ1) is 17.7. The molecule has 136 valence electrons. The molecule has 1 saturated heterocycles. The normalized spacial score (nSPS) is 25.5. The number of hydrogen-bond donors (Lipinski definition) is 1. The van der Waals surface area contributed by atoms with E-state index in [1.54, 1.807) is 17.0 Å². The van der Waals surface area contributed by atoms with Gasteiger partial charge in [0.15, 0.2) is 11.6 Å². The van der Waals surface area contributed by atoms with Crippen LogP contribution in [-0.4, -0.2) is 41.1 Å². The number of nitrogens with zero attached hydrogens (tertiary/aromatic N) is 1. The van der Waals surface area contributed by atoms with Crippen molar-refractivity contribution in [2.45, 2.75) is 57.0 Å². The van der Waals surface area contributed by atoms with Gasteiger partial charge in [0.1, 0.15) is 6.04 Å². The maximum Gasteiger partial charge on any atom is 0.326 e. The average molecular weight is 349 g/mol. The van der Waals surface area contributed by atoms with Crippen molar-refractivity contribution in [1.29, 1.82) is 0 Å². The van der Waals surface area contributed by atoms with Gasteiger partial charge in [-0.3, -0.25) is 4.79 Å². The number of amides is 1. The second-order valence-corrected chi connectivity index (χ2v) is 6.97. The number of hydrogen-bond acceptors (Lipinski definition) is 3. The molecule has 1 heterocycles. The summed E-state index contributed by atoms with van der Waals surface area (Å²) in [6, 6.07) is 3.98. The Morgan fingerprint density at radius 2 is 2.08 bits per heavy atom. The highest BCUT2D eigenvalue weighted by atomic mass is 19.1. The summed E-state index contributed by atoms with van der Waals surface area (Å²) in [5.74, 6) is -1.04. The molecule has 0 spiro atoms. The Hall–Kier alpha value is -2.11. The number of carboxylic acid groups (broad SMARTS) is 1. The van der Waals surface area contributed by atoms with E-state index in [4.69, 9.17) is 4.74 Å². The average Bonchev–Trinajstić information content (AvgIpc) is 2.99. The van der Waals surface area contributed by atoms with E-state index in [1.807, 2.05) is 0 Å². The van der Waals surface area contributed by atoms with E-state index in [0.29, 0.717) is 24.3 Å². The van der Waals surface area contributed by atoms with Crippen LogP contribution in [0.4, 0.5) is 4.39 Å². The molecule has 0 aromatic heterocycles. The molecule has 3 atom stereocenters. The SMILES string of the molecule is COc1ccc(CCC(=O)N2C(C(=O)O)CC3CCCCC32)cc1F. The molecule has 3 rings (SSSR count). The highest BCUT2D eigenvalue weighted by molar-refractivity contribution is 5.85. The summed E-state index contributed by atoms with van der Waals surface area (Å²) in [7, 11) is 1.40. The number of carbonyl (C=O) groups is 2. The summed E-state index contributed by atoms with van der Waals surface area (Å²) < 4.78 is 18.7. The fraction of sp³-hybridized carbons (Fsp3) is 0.579. The summed E-state index contributed by atoms with van der Waals surface area (Å²) >= 11 is 0. The molecular weight excluding hydrogens is 325 g/mol. The van der Waals surface area contributed by atoms with Gasteiger partial charge in [0.25, 0.3) is 0 Å². The molecule has 1 aliphatic heterocycles. The summed E-state index contributed by atoms with van der Waals surface area (Å²) in [4.78, 5) is 25.9. The van der Waals surface area contributed by atoms with E-state index in [1.165, 1.54) is 13.2 Å². The van der Waals surface area contributed by atoms with Crippen LogP contribution in [0.2, 0.25) is 0 Å². The lowest BCUT2D eigenvalue weighted by molar-refractivity contribution is -0.149.